The second kappa shape index (κ2) is 5.60. The van der Waals surface area contributed by atoms with Crippen molar-refractivity contribution in [2.45, 2.75) is 26.2 Å². The molecule has 3 heteroatoms. The van der Waals surface area contributed by atoms with E-state index in [1.165, 1.54) is 0 Å². The largest absolute Gasteiger partial charge is 0.492 e. The molecule has 1 aromatic rings. The Morgan fingerprint density at radius 1 is 1.50 bits per heavy atom. The van der Waals surface area contributed by atoms with E-state index in [1.54, 1.807) is 6.20 Å². The molecule has 0 amide bonds. The van der Waals surface area contributed by atoms with Crippen LogP contribution in [0.3, 0.4) is 0 Å². The van der Waals surface area contributed by atoms with E-state index in [0.29, 0.717) is 19.1 Å². The molecule has 0 fully saturated rings. The minimum Gasteiger partial charge on any atom is -0.492 e. The molecule has 1 aromatic heterocycles. The molecule has 1 rings (SSSR count). The van der Waals surface area contributed by atoms with Crippen LogP contribution in [-0.4, -0.2) is 18.1 Å². The molecule has 1 heterocycles. The third-order valence-corrected chi connectivity index (χ3v) is 1.95. The Morgan fingerprint density at radius 3 is 2.93 bits per heavy atom. The minimum absolute atomic E-state index is 0.393. The van der Waals surface area contributed by atoms with E-state index in [0.717, 1.165) is 17.9 Å². The summed E-state index contributed by atoms with van der Waals surface area (Å²) in [5.74, 6) is 1.28. The van der Waals surface area contributed by atoms with Gasteiger partial charge in [0.1, 0.15) is 5.75 Å². The molecular formula is C11H18N2O. The first kappa shape index (κ1) is 11.0. The summed E-state index contributed by atoms with van der Waals surface area (Å²) in [6, 6.07) is 3.85. The first-order valence-electron chi connectivity index (χ1n) is 5.03. The van der Waals surface area contributed by atoms with Gasteiger partial charge in [-0.1, -0.05) is 13.8 Å². The predicted molar refractivity (Wildman–Crippen MR) is 57.5 cm³/mol. The Kier molecular flexibility index (Phi) is 4.40. The van der Waals surface area contributed by atoms with Crippen LogP contribution >= 0.6 is 0 Å². The highest BCUT2D eigenvalue weighted by molar-refractivity contribution is 5.29. The van der Waals surface area contributed by atoms with Gasteiger partial charge in [-0.15, -0.1) is 0 Å². The van der Waals surface area contributed by atoms with Crippen LogP contribution in [0.4, 0.5) is 0 Å². The topological polar surface area (TPSA) is 48.1 Å². The van der Waals surface area contributed by atoms with Gasteiger partial charge < -0.3 is 10.5 Å². The van der Waals surface area contributed by atoms with Crippen LogP contribution in [0.15, 0.2) is 18.3 Å². The van der Waals surface area contributed by atoms with Gasteiger partial charge >= 0.3 is 0 Å². The highest BCUT2D eigenvalue weighted by Crippen LogP contribution is 2.23. The van der Waals surface area contributed by atoms with E-state index in [-0.39, 0.29) is 0 Å². The molecule has 78 valence electrons. The van der Waals surface area contributed by atoms with E-state index in [1.807, 2.05) is 12.1 Å². The SMILES string of the molecule is CC(C)c1ncccc1OCCCN. The van der Waals surface area contributed by atoms with Crippen LogP contribution in [-0.2, 0) is 0 Å². The molecule has 2 N–H and O–H groups in total. The Hall–Kier alpha value is -1.09. The van der Waals surface area contributed by atoms with Gasteiger partial charge in [-0.05, 0) is 31.0 Å². The molecule has 0 aliphatic rings. The Morgan fingerprint density at radius 2 is 2.29 bits per heavy atom. The molecule has 0 aliphatic carbocycles. The lowest BCUT2D eigenvalue weighted by molar-refractivity contribution is 0.307. The van der Waals surface area contributed by atoms with Crippen molar-refractivity contribution in [2.24, 2.45) is 5.73 Å². The molecule has 3 nitrogen and oxygen atoms in total. The van der Waals surface area contributed by atoms with Gasteiger partial charge in [-0.25, -0.2) is 0 Å². The summed E-state index contributed by atoms with van der Waals surface area (Å²) in [6.45, 7) is 5.55. The highest BCUT2D eigenvalue weighted by Gasteiger charge is 2.07. The summed E-state index contributed by atoms with van der Waals surface area (Å²) in [7, 11) is 0. The second-order valence-electron chi connectivity index (χ2n) is 3.53. The van der Waals surface area contributed by atoms with Crippen LogP contribution in [0.5, 0.6) is 5.75 Å². The van der Waals surface area contributed by atoms with Crippen molar-refractivity contribution >= 4 is 0 Å². The molecule has 0 saturated carbocycles. The average Bonchev–Trinajstić information content (AvgIpc) is 2.19. The Balaban J connectivity index is 2.64. The third kappa shape index (κ3) is 3.00. The Labute approximate surface area is 85.3 Å². The van der Waals surface area contributed by atoms with Gasteiger partial charge in [0.15, 0.2) is 0 Å². The molecule has 0 spiro atoms. The fraction of sp³-hybridized carbons (Fsp3) is 0.545. The van der Waals surface area contributed by atoms with Crippen LogP contribution in [0.2, 0.25) is 0 Å². The highest BCUT2D eigenvalue weighted by atomic mass is 16.5. The standard InChI is InChI=1S/C11H18N2O/c1-9(2)11-10(5-3-7-13-11)14-8-4-6-12/h3,5,7,9H,4,6,8,12H2,1-2H3. The number of nitrogens with zero attached hydrogens (tertiary/aromatic N) is 1. The van der Waals surface area contributed by atoms with Crippen molar-refractivity contribution in [1.82, 2.24) is 4.98 Å². The summed E-state index contributed by atoms with van der Waals surface area (Å²) in [4.78, 5) is 4.30. The van der Waals surface area contributed by atoms with E-state index in [2.05, 4.69) is 18.8 Å². The molecule has 0 unspecified atom stereocenters. The van der Waals surface area contributed by atoms with Crippen LogP contribution < -0.4 is 10.5 Å². The van der Waals surface area contributed by atoms with Crippen molar-refractivity contribution in [2.75, 3.05) is 13.2 Å². The quantitative estimate of drug-likeness (QED) is 0.729. The molecule has 0 aliphatic heterocycles. The van der Waals surface area contributed by atoms with Gasteiger partial charge in [0.2, 0.25) is 0 Å². The maximum Gasteiger partial charge on any atom is 0.141 e. The second-order valence-corrected chi connectivity index (χ2v) is 3.53. The van der Waals surface area contributed by atoms with Crippen LogP contribution in [0.25, 0.3) is 0 Å². The molecule has 0 saturated heterocycles. The summed E-state index contributed by atoms with van der Waals surface area (Å²) in [5, 5.41) is 0. The van der Waals surface area contributed by atoms with E-state index < -0.39 is 0 Å². The normalized spacial score (nSPS) is 10.6. The molecule has 0 aromatic carbocycles. The number of hydrogen-bond acceptors (Lipinski definition) is 3. The van der Waals surface area contributed by atoms with Gasteiger partial charge in [-0.2, -0.15) is 0 Å². The zero-order valence-corrected chi connectivity index (χ0v) is 8.86. The number of pyridine rings is 1. The summed E-state index contributed by atoms with van der Waals surface area (Å²) in [6.07, 6.45) is 2.68. The Bertz CT molecular complexity index is 274. The third-order valence-electron chi connectivity index (χ3n) is 1.95. The van der Waals surface area contributed by atoms with Gasteiger partial charge in [0.25, 0.3) is 0 Å². The number of nitrogens with two attached hydrogens (primary N) is 1. The smallest absolute Gasteiger partial charge is 0.141 e. The summed E-state index contributed by atoms with van der Waals surface area (Å²) < 4.78 is 5.60. The van der Waals surface area contributed by atoms with Crippen LogP contribution in [0.1, 0.15) is 31.9 Å². The fourth-order valence-corrected chi connectivity index (χ4v) is 1.22. The molecule has 0 atom stereocenters. The molecule has 14 heavy (non-hydrogen) atoms. The average molecular weight is 194 g/mol. The van der Waals surface area contributed by atoms with E-state index >= 15 is 0 Å². The van der Waals surface area contributed by atoms with Gasteiger partial charge in [-0.3, -0.25) is 4.98 Å². The lowest BCUT2D eigenvalue weighted by atomic mass is 10.1. The molecule has 0 radical (unpaired) electrons. The van der Waals surface area contributed by atoms with Crippen molar-refractivity contribution in [3.8, 4) is 5.75 Å². The van der Waals surface area contributed by atoms with Crippen molar-refractivity contribution < 1.29 is 4.74 Å². The van der Waals surface area contributed by atoms with E-state index in [4.69, 9.17) is 10.5 Å². The first-order valence-corrected chi connectivity index (χ1v) is 5.03. The monoisotopic (exact) mass is 194 g/mol. The summed E-state index contributed by atoms with van der Waals surface area (Å²) in [5.41, 5.74) is 6.41. The van der Waals surface area contributed by atoms with Gasteiger partial charge in [0, 0.05) is 6.20 Å². The van der Waals surface area contributed by atoms with Crippen molar-refractivity contribution in [1.29, 1.82) is 0 Å². The summed E-state index contributed by atoms with van der Waals surface area (Å²) >= 11 is 0. The zero-order valence-electron chi connectivity index (χ0n) is 8.86. The predicted octanol–water partition coefficient (Wildman–Crippen LogP) is 1.93. The maximum absolute atomic E-state index is 5.60. The van der Waals surface area contributed by atoms with Crippen molar-refractivity contribution in [3.05, 3.63) is 24.0 Å². The lowest BCUT2D eigenvalue weighted by Crippen LogP contribution is -2.08. The number of rotatable bonds is 5. The fourth-order valence-electron chi connectivity index (χ4n) is 1.22. The molecular weight excluding hydrogens is 176 g/mol. The van der Waals surface area contributed by atoms with E-state index in [9.17, 15) is 0 Å². The van der Waals surface area contributed by atoms with Crippen molar-refractivity contribution in [3.63, 3.8) is 0 Å². The number of aromatic nitrogens is 1. The number of hydrogen-bond donors (Lipinski definition) is 1. The molecule has 0 bridgehead atoms. The maximum atomic E-state index is 5.60. The first-order chi connectivity index (χ1) is 6.75. The van der Waals surface area contributed by atoms with Gasteiger partial charge in [0.05, 0.1) is 12.3 Å². The number of ether oxygens (including phenoxy) is 1. The van der Waals surface area contributed by atoms with Crippen LogP contribution in [0, 0.1) is 0 Å². The minimum atomic E-state index is 0.393. The zero-order chi connectivity index (χ0) is 10.4. The lowest BCUT2D eigenvalue weighted by Gasteiger charge is -2.11.